The van der Waals surface area contributed by atoms with E-state index < -0.39 is 0 Å². The number of imidazole rings is 1. The molecule has 0 aromatic carbocycles. The van der Waals surface area contributed by atoms with Crippen molar-refractivity contribution in [3.8, 4) is 0 Å². The predicted octanol–water partition coefficient (Wildman–Crippen LogP) is 2.33. The molecular formula is C16H25N3O. The van der Waals surface area contributed by atoms with Gasteiger partial charge in [0, 0.05) is 37.4 Å². The van der Waals surface area contributed by atoms with E-state index in [2.05, 4.69) is 21.8 Å². The normalized spacial score (nSPS) is 28.8. The van der Waals surface area contributed by atoms with Crippen molar-refractivity contribution >= 4 is 5.78 Å². The summed E-state index contributed by atoms with van der Waals surface area (Å²) in [4.78, 5) is 16.6. The number of hydrogen-bond acceptors (Lipinski definition) is 3. The van der Waals surface area contributed by atoms with Crippen LogP contribution in [-0.4, -0.2) is 27.4 Å². The third-order valence-corrected chi connectivity index (χ3v) is 4.71. The molecule has 2 unspecified atom stereocenters. The smallest absolute Gasteiger partial charge is 0.140 e. The fraction of sp³-hybridized carbons (Fsp3) is 0.750. The van der Waals surface area contributed by atoms with Crippen molar-refractivity contribution in [1.29, 1.82) is 0 Å². The Labute approximate surface area is 121 Å². The summed E-state index contributed by atoms with van der Waals surface area (Å²) in [6, 6.07) is 1.35. The van der Waals surface area contributed by atoms with E-state index in [1.54, 1.807) is 0 Å². The van der Waals surface area contributed by atoms with Gasteiger partial charge in [0.1, 0.15) is 11.6 Å². The Bertz CT molecular complexity index is 456. The second kappa shape index (κ2) is 6.08. The number of rotatable bonds is 6. The molecule has 4 nitrogen and oxygen atoms in total. The van der Waals surface area contributed by atoms with E-state index in [9.17, 15) is 4.79 Å². The highest BCUT2D eigenvalue weighted by Crippen LogP contribution is 2.32. The number of nitrogens with one attached hydrogen (secondary N) is 1. The summed E-state index contributed by atoms with van der Waals surface area (Å²) in [5.74, 6) is 1.89. The van der Waals surface area contributed by atoms with Gasteiger partial charge in [-0.05, 0) is 38.0 Å². The van der Waals surface area contributed by atoms with Crippen LogP contribution < -0.4 is 5.32 Å². The molecule has 1 N–H and O–H groups in total. The van der Waals surface area contributed by atoms with E-state index in [0.717, 1.165) is 25.2 Å². The number of Topliss-reactive ketones (excluding diaryl/α,β-unsaturated/α-hetero) is 1. The van der Waals surface area contributed by atoms with Gasteiger partial charge >= 0.3 is 0 Å². The zero-order valence-corrected chi connectivity index (χ0v) is 12.3. The van der Waals surface area contributed by atoms with Gasteiger partial charge in [0.05, 0.1) is 6.42 Å². The van der Waals surface area contributed by atoms with Gasteiger partial charge in [-0.3, -0.25) is 4.79 Å². The summed E-state index contributed by atoms with van der Waals surface area (Å²) in [6.45, 7) is 3.11. The Morgan fingerprint density at radius 2 is 2.15 bits per heavy atom. The summed E-state index contributed by atoms with van der Waals surface area (Å²) in [5, 5.41) is 3.64. The highest BCUT2D eigenvalue weighted by atomic mass is 16.1. The molecule has 1 aromatic heterocycles. The number of carbonyl (C=O) groups is 1. The highest BCUT2D eigenvalue weighted by Gasteiger charge is 2.34. The SMILES string of the molecule is CCCn1ccnc1CC(=O)CC1CC2CCC(C1)N2. The first kappa shape index (κ1) is 13.8. The molecule has 2 fully saturated rings. The molecule has 2 aliphatic heterocycles. The highest BCUT2D eigenvalue weighted by molar-refractivity contribution is 5.80. The van der Waals surface area contributed by atoms with Crippen LogP contribution in [0.3, 0.4) is 0 Å². The zero-order chi connectivity index (χ0) is 13.9. The average Bonchev–Trinajstić information content (AvgIpc) is 2.97. The zero-order valence-electron chi connectivity index (χ0n) is 12.3. The molecule has 2 bridgehead atoms. The van der Waals surface area contributed by atoms with Crippen molar-refractivity contribution in [1.82, 2.24) is 14.9 Å². The quantitative estimate of drug-likeness (QED) is 0.866. The molecule has 0 saturated carbocycles. The fourth-order valence-corrected chi connectivity index (χ4v) is 3.86. The Morgan fingerprint density at radius 3 is 2.85 bits per heavy atom. The second-order valence-electron chi connectivity index (χ2n) is 6.43. The van der Waals surface area contributed by atoms with E-state index in [4.69, 9.17) is 0 Å². The molecule has 0 spiro atoms. The maximum absolute atomic E-state index is 12.3. The van der Waals surface area contributed by atoms with E-state index in [0.29, 0.717) is 30.2 Å². The summed E-state index contributed by atoms with van der Waals surface area (Å²) in [6.07, 6.45) is 11.1. The van der Waals surface area contributed by atoms with Gasteiger partial charge in [0.2, 0.25) is 0 Å². The molecule has 2 atom stereocenters. The molecule has 3 rings (SSSR count). The largest absolute Gasteiger partial charge is 0.335 e. The first-order chi connectivity index (χ1) is 9.74. The summed E-state index contributed by atoms with van der Waals surface area (Å²) in [7, 11) is 0. The van der Waals surface area contributed by atoms with Gasteiger partial charge in [-0.15, -0.1) is 0 Å². The Hall–Kier alpha value is -1.16. The van der Waals surface area contributed by atoms with E-state index in [1.807, 2.05) is 12.4 Å². The van der Waals surface area contributed by atoms with Gasteiger partial charge in [-0.2, -0.15) is 0 Å². The number of ketones is 1. The Morgan fingerprint density at radius 1 is 1.40 bits per heavy atom. The van der Waals surface area contributed by atoms with Gasteiger partial charge < -0.3 is 9.88 Å². The number of fused-ring (bicyclic) bond motifs is 2. The number of aryl methyl sites for hydroxylation is 1. The summed E-state index contributed by atoms with van der Waals surface area (Å²) < 4.78 is 2.12. The van der Waals surface area contributed by atoms with E-state index >= 15 is 0 Å². The van der Waals surface area contributed by atoms with Crippen LogP contribution in [0.1, 0.15) is 51.3 Å². The van der Waals surface area contributed by atoms with Crippen molar-refractivity contribution in [3.63, 3.8) is 0 Å². The van der Waals surface area contributed by atoms with Crippen LogP contribution in [0.15, 0.2) is 12.4 Å². The van der Waals surface area contributed by atoms with Crippen LogP contribution in [0.4, 0.5) is 0 Å². The van der Waals surface area contributed by atoms with Crippen molar-refractivity contribution in [2.24, 2.45) is 5.92 Å². The molecule has 3 heterocycles. The molecule has 0 aliphatic carbocycles. The molecule has 2 aliphatic rings. The number of nitrogens with zero attached hydrogens (tertiary/aromatic N) is 2. The number of aromatic nitrogens is 2. The Balaban J connectivity index is 1.53. The van der Waals surface area contributed by atoms with Crippen molar-refractivity contribution in [2.45, 2.75) is 70.5 Å². The lowest BCUT2D eigenvalue weighted by Crippen LogP contribution is -2.38. The first-order valence-corrected chi connectivity index (χ1v) is 8.02. The van der Waals surface area contributed by atoms with Crippen LogP contribution in [0.5, 0.6) is 0 Å². The van der Waals surface area contributed by atoms with Gasteiger partial charge in [0.25, 0.3) is 0 Å². The summed E-state index contributed by atoms with van der Waals surface area (Å²) >= 11 is 0. The minimum absolute atomic E-state index is 0.361. The summed E-state index contributed by atoms with van der Waals surface area (Å²) in [5.41, 5.74) is 0. The average molecular weight is 275 g/mol. The second-order valence-corrected chi connectivity index (χ2v) is 6.43. The van der Waals surface area contributed by atoms with E-state index in [-0.39, 0.29) is 0 Å². The molecule has 4 heteroatoms. The van der Waals surface area contributed by atoms with E-state index in [1.165, 1.54) is 25.7 Å². The molecular weight excluding hydrogens is 250 g/mol. The maximum Gasteiger partial charge on any atom is 0.140 e. The topological polar surface area (TPSA) is 46.9 Å². The molecule has 110 valence electrons. The minimum Gasteiger partial charge on any atom is -0.335 e. The fourth-order valence-electron chi connectivity index (χ4n) is 3.86. The van der Waals surface area contributed by atoms with Crippen LogP contribution in [-0.2, 0) is 17.8 Å². The molecule has 2 saturated heterocycles. The molecule has 0 radical (unpaired) electrons. The third-order valence-electron chi connectivity index (χ3n) is 4.71. The predicted molar refractivity (Wildman–Crippen MR) is 78.5 cm³/mol. The number of hydrogen-bond donors (Lipinski definition) is 1. The monoisotopic (exact) mass is 275 g/mol. The third kappa shape index (κ3) is 3.11. The molecule has 20 heavy (non-hydrogen) atoms. The molecule has 0 amide bonds. The van der Waals surface area contributed by atoms with Crippen LogP contribution >= 0.6 is 0 Å². The minimum atomic E-state index is 0.361. The van der Waals surface area contributed by atoms with Crippen molar-refractivity contribution in [3.05, 3.63) is 18.2 Å². The standard InChI is InChI=1S/C16H25N3O/c1-2-6-19-7-5-17-16(19)11-15(20)10-12-8-13-3-4-14(9-12)18-13/h5,7,12-14,18H,2-4,6,8-11H2,1H3. The number of carbonyl (C=O) groups excluding carboxylic acids is 1. The van der Waals surface area contributed by atoms with Crippen molar-refractivity contribution < 1.29 is 4.79 Å². The van der Waals surface area contributed by atoms with Gasteiger partial charge in [0.15, 0.2) is 0 Å². The maximum atomic E-state index is 12.3. The Kier molecular flexibility index (Phi) is 4.20. The number of piperidine rings is 1. The lowest BCUT2D eigenvalue weighted by atomic mass is 9.87. The van der Waals surface area contributed by atoms with Crippen LogP contribution in [0, 0.1) is 5.92 Å². The van der Waals surface area contributed by atoms with Crippen LogP contribution in [0.2, 0.25) is 0 Å². The van der Waals surface area contributed by atoms with Crippen LogP contribution in [0.25, 0.3) is 0 Å². The first-order valence-electron chi connectivity index (χ1n) is 8.02. The van der Waals surface area contributed by atoms with Crippen molar-refractivity contribution in [2.75, 3.05) is 0 Å². The van der Waals surface area contributed by atoms with Gasteiger partial charge in [-0.1, -0.05) is 6.92 Å². The lowest BCUT2D eigenvalue weighted by molar-refractivity contribution is -0.119. The van der Waals surface area contributed by atoms with Gasteiger partial charge in [-0.25, -0.2) is 4.98 Å². The molecule has 1 aromatic rings. The lowest BCUT2D eigenvalue weighted by Gasteiger charge is -2.28.